The molecule has 0 saturated carbocycles. The van der Waals surface area contributed by atoms with E-state index in [0.29, 0.717) is 0 Å². The van der Waals surface area contributed by atoms with Gasteiger partial charge in [-0.15, -0.1) is 0 Å². The lowest BCUT2D eigenvalue weighted by Gasteiger charge is -2.26. The van der Waals surface area contributed by atoms with E-state index >= 15 is 0 Å². The zero-order valence-electron chi connectivity index (χ0n) is 10.8. The molecule has 0 amide bonds. The number of hydrogen-bond donors (Lipinski definition) is 5. The molecule has 0 aromatic heterocycles. The number of nitrogens with two attached hydrogens (primary N) is 1. The predicted octanol–water partition coefficient (Wildman–Crippen LogP) is -2.84. The summed E-state index contributed by atoms with van der Waals surface area (Å²) in [4.78, 5) is 22.3. The minimum Gasteiger partial charge on any atom is -0.451 e. The molecule has 0 fully saturated rings. The number of carbonyl (C=O) groups is 2. The number of esters is 1. The maximum absolute atomic E-state index is 11.5. The van der Waals surface area contributed by atoms with Gasteiger partial charge in [-0.3, -0.25) is 9.59 Å². The van der Waals surface area contributed by atoms with Crippen LogP contribution in [0, 0.1) is 5.92 Å². The Labute approximate surface area is 110 Å². The largest absolute Gasteiger partial charge is 0.451 e. The number of aliphatic hydroxyl groups is 4. The molecule has 19 heavy (non-hydrogen) atoms. The molecule has 0 bridgehead atoms. The highest BCUT2D eigenvalue weighted by Crippen LogP contribution is 2.09. The quantitative estimate of drug-likeness (QED) is 0.235. The fourth-order valence-electron chi connectivity index (χ4n) is 1.19. The molecule has 0 aromatic rings. The van der Waals surface area contributed by atoms with E-state index in [-0.39, 0.29) is 12.2 Å². The number of hydrogen-bond acceptors (Lipinski definition) is 8. The lowest BCUT2D eigenvalue weighted by Crippen LogP contribution is -2.50. The average Bonchev–Trinajstić information content (AvgIpc) is 2.40. The zero-order chi connectivity index (χ0) is 15.2. The van der Waals surface area contributed by atoms with E-state index in [0.717, 1.165) is 0 Å². The van der Waals surface area contributed by atoms with Gasteiger partial charge in [0.25, 0.3) is 0 Å². The summed E-state index contributed by atoms with van der Waals surface area (Å²) < 4.78 is 4.67. The summed E-state index contributed by atoms with van der Waals surface area (Å²) in [5, 5.41) is 36.7. The lowest BCUT2D eigenvalue weighted by molar-refractivity contribution is -0.170. The van der Waals surface area contributed by atoms with Crippen LogP contribution in [0.2, 0.25) is 0 Å². The van der Waals surface area contributed by atoms with Crippen LogP contribution in [0.5, 0.6) is 0 Å². The van der Waals surface area contributed by atoms with Gasteiger partial charge in [-0.1, -0.05) is 13.8 Å². The van der Waals surface area contributed by atoms with E-state index in [2.05, 4.69) is 4.74 Å². The van der Waals surface area contributed by atoms with Crippen LogP contribution in [0.4, 0.5) is 0 Å². The lowest BCUT2D eigenvalue weighted by atomic mass is 10.0. The minimum absolute atomic E-state index is 0.114. The van der Waals surface area contributed by atoms with Crippen LogP contribution < -0.4 is 5.73 Å². The third-order valence-electron chi connectivity index (χ3n) is 2.64. The first-order chi connectivity index (χ1) is 8.76. The Morgan fingerprint density at radius 3 is 2.16 bits per heavy atom. The Kier molecular flexibility index (Phi) is 7.72. The molecular weight excluding hydrogens is 258 g/mol. The first-order valence-corrected chi connectivity index (χ1v) is 5.82. The van der Waals surface area contributed by atoms with Crippen molar-refractivity contribution >= 4 is 12.3 Å². The van der Waals surface area contributed by atoms with Crippen molar-refractivity contribution in [3.05, 3.63) is 0 Å². The summed E-state index contributed by atoms with van der Waals surface area (Å²) in [7, 11) is 0. The van der Waals surface area contributed by atoms with Gasteiger partial charge in [0.1, 0.15) is 24.4 Å². The standard InChI is InChI=1S/C11H21NO7/c1-5(2)8(12)11(18)19-7(4-14)10(17)9(16)6(15)3-13/h4-10,13,15-17H,3,12H2,1-2H3/t6-,7+,8+,9+,10-/m1/s1. The molecule has 0 radical (unpaired) electrons. The van der Waals surface area contributed by atoms with Crippen molar-refractivity contribution in [1.29, 1.82) is 0 Å². The van der Waals surface area contributed by atoms with E-state index < -0.39 is 43.0 Å². The molecule has 0 spiro atoms. The summed E-state index contributed by atoms with van der Waals surface area (Å²) in [6.07, 6.45) is -6.90. The third-order valence-corrected chi connectivity index (χ3v) is 2.64. The molecule has 0 aliphatic carbocycles. The van der Waals surface area contributed by atoms with Gasteiger partial charge < -0.3 is 30.9 Å². The Morgan fingerprint density at radius 1 is 1.26 bits per heavy atom. The molecule has 0 aromatic carbocycles. The van der Waals surface area contributed by atoms with Crippen molar-refractivity contribution in [2.45, 2.75) is 44.3 Å². The van der Waals surface area contributed by atoms with E-state index in [1.165, 1.54) is 0 Å². The molecule has 0 heterocycles. The Morgan fingerprint density at radius 2 is 1.79 bits per heavy atom. The van der Waals surface area contributed by atoms with Gasteiger partial charge in [-0.25, -0.2) is 0 Å². The van der Waals surface area contributed by atoms with E-state index in [9.17, 15) is 19.8 Å². The summed E-state index contributed by atoms with van der Waals surface area (Å²) in [5.74, 6) is -1.14. The highest BCUT2D eigenvalue weighted by molar-refractivity contribution is 5.78. The number of aliphatic hydroxyl groups excluding tert-OH is 4. The van der Waals surface area contributed by atoms with E-state index in [1.807, 2.05) is 0 Å². The van der Waals surface area contributed by atoms with Gasteiger partial charge in [0, 0.05) is 0 Å². The summed E-state index contributed by atoms with van der Waals surface area (Å²) >= 11 is 0. The molecule has 112 valence electrons. The van der Waals surface area contributed by atoms with Crippen LogP contribution in [0.15, 0.2) is 0 Å². The fraction of sp³-hybridized carbons (Fsp3) is 0.818. The summed E-state index contributed by atoms with van der Waals surface area (Å²) in [5.41, 5.74) is 5.50. The summed E-state index contributed by atoms with van der Waals surface area (Å²) in [6, 6.07) is -0.977. The highest BCUT2D eigenvalue weighted by atomic mass is 16.6. The van der Waals surface area contributed by atoms with Crippen molar-refractivity contribution in [3.63, 3.8) is 0 Å². The van der Waals surface area contributed by atoms with E-state index in [4.69, 9.17) is 15.9 Å². The molecule has 8 nitrogen and oxygen atoms in total. The van der Waals surface area contributed by atoms with Crippen LogP contribution in [0.25, 0.3) is 0 Å². The predicted molar refractivity (Wildman–Crippen MR) is 63.9 cm³/mol. The van der Waals surface area contributed by atoms with Crippen LogP contribution >= 0.6 is 0 Å². The smallest absolute Gasteiger partial charge is 0.323 e. The molecular formula is C11H21NO7. The SMILES string of the molecule is CC(C)[C@H](N)C(=O)O[C@@H](C=O)[C@@H](O)[C@@H](O)[C@H](O)CO. The molecule has 0 aliphatic rings. The normalized spacial score (nSPS) is 19.4. The van der Waals surface area contributed by atoms with E-state index in [1.54, 1.807) is 13.8 Å². The van der Waals surface area contributed by atoms with Crippen molar-refractivity contribution in [1.82, 2.24) is 0 Å². The van der Waals surface area contributed by atoms with Gasteiger partial charge in [0.05, 0.1) is 6.61 Å². The van der Waals surface area contributed by atoms with Crippen LogP contribution in [-0.2, 0) is 14.3 Å². The van der Waals surface area contributed by atoms with Gasteiger partial charge in [-0.05, 0) is 5.92 Å². The molecule has 0 saturated heterocycles. The maximum atomic E-state index is 11.5. The van der Waals surface area contributed by atoms with Crippen molar-refractivity contribution in [2.24, 2.45) is 11.7 Å². The number of rotatable bonds is 8. The maximum Gasteiger partial charge on any atom is 0.323 e. The Bertz CT molecular complexity index is 297. The number of ether oxygens (including phenoxy) is 1. The molecule has 0 unspecified atom stereocenters. The molecule has 5 atom stereocenters. The van der Waals surface area contributed by atoms with Crippen molar-refractivity contribution in [3.8, 4) is 0 Å². The van der Waals surface area contributed by atoms with Crippen LogP contribution in [0.3, 0.4) is 0 Å². The fourth-order valence-corrected chi connectivity index (χ4v) is 1.19. The molecule has 6 N–H and O–H groups in total. The molecule has 0 aliphatic heterocycles. The van der Waals surface area contributed by atoms with Crippen LogP contribution in [-0.4, -0.2) is 69.7 Å². The third kappa shape index (κ3) is 5.21. The molecule has 0 rings (SSSR count). The van der Waals surface area contributed by atoms with Crippen molar-refractivity contribution in [2.75, 3.05) is 6.61 Å². The number of carbonyl (C=O) groups excluding carboxylic acids is 2. The second-order valence-corrected chi connectivity index (χ2v) is 4.54. The van der Waals surface area contributed by atoms with Gasteiger partial charge in [0.2, 0.25) is 0 Å². The van der Waals surface area contributed by atoms with Gasteiger partial charge in [0.15, 0.2) is 12.4 Å². The van der Waals surface area contributed by atoms with Crippen LogP contribution in [0.1, 0.15) is 13.8 Å². The monoisotopic (exact) mass is 279 g/mol. The summed E-state index contributed by atoms with van der Waals surface area (Å²) in [6.45, 7) is 2.52. The number of aldehydes is 1. The zero-order valence-corrected chi connectivity index (χ0v) is 10.8. The Hall–Kier alpha value is -1.06. The van der Waals surface area contributed by atoms with Gasteiger partial charge >= 0.3 is 5.97 Å². The first kappa shape index (κ1) is 17.9. The minimum atomic E-state index is -1.86. The highest BCUT2D eigenvalue weighted by Gasteiger charge is 2.34. The average molecular weight is 279 g/mol. The second kappa shape index (κ2) is 8.18. The Balaban J connectivity index is 4.66. The second-order valence-electron chi connectivity index (χ2n) is 4.54. The topological polar surface area (TPSA) is 150 Å². The van der Waals surface area contributed by atoms with Crippen molar-refractivity contribution < 1.29 is 34.8 Å². The first-order valence-electron chi connectivity index (χ1n) is 5.82. The molecule has 8 heteroatoms. The van der Waals surface area contributed by atoms with Gasteiger partial charge in [-0.2, -0.15) is 0 Å².